The van der Waals surface area contributed by atoms with Gasteiger partial charge in [-0.2, -0.15) is 5.26 Å². The van der Waals surface area contributed by atoms with Crippen LogP contribution in [0, 0.1) is 11.3 Å². The van der Waals surface area contributed by atoms with Gasteiger partial charge in [0.05, 0.1) is 17.7 Å². The Hall–Kier alpha value is -1.86. The monoisotopic (exact) mass is 243 g/mol. The Morgan fingerprint density at radius 1 is 1.50 bits per heavy atom. The molecular formula is C14H17N3O. The van der Waals surface area contributed by atoms with Crippen LogP contribution in [-0.2, 0) is 4.79 Å². The van der Waals surface area contributed by atoms with Crippen LogP contribution < -0.4 is 5.32 Å². The maximum Gasteiger partial charge on any atom is 0.241 e. The lowest BCUT2D eigenvalue weighted by Crippen LogP contribution is -2.44. The minimum Gasteiger partial charge on any atom is -0.325 e. The van der Waals surface area contributed by atoms with Crippen LogP contribution in [0.4, 0.5) is 5.69 Å². The number of piperidine rings is 1. The number of nitrogens with one attached hydrogen (secondary N) is 1. The van der Waals surface area contributed by atoms with Crippen molar-refractivity contribution in [3.63, 3.8) is 0 Å². The van der Waals surface area contributed by atoms with Crippen LogP contribution in [-0.4, -0.2) is 30.4 Å². The fraction of sp³-hybridized carbons (Fsp3) is 0.429. The number of hydrogen-bond acceptors (Lipinski definition) is 3. The van der Waals surface area contributed by atoms with E-state index in [4.69, 9.17) is 5.26 Å². The first-order valence-electron chi connectivity index (χ1n) is 6.22. The molecule has 1 aliphatic heterocycles. The Morgan fingerprint density at radius 3 is 3.06 bits per heavy atom. The fourth-order valence-corrected chi connectivity index (χ4v) is 2.30. The van der Waals surface area contributed by atoms with E-state index in [-0.39, 0.29) is 11.9 Å². The van der Waals surface area contributed by atoms with Gasteiger partial charge in [0.2, 0.25) is 5.91 Å². The van der Waals surface area contributed by atoms with E-state index in [1.54, 1.807) is 18.2 Å². The van der Waals surface area contributed by atoms with Gasteiger partial charge in [0.1, 0.15) is 0 Å². The summed E-state index contributed by atoms with van der Waals surface area (Å²) >= 11 is 0. The second-order valence-electron chi connectivity index (χ2n) is 4.67. The second kappa shape index (κ2) is 5.65. The number of carbonyl (C=O) groups excluding carboxylic acids is 1. The Morgan fingerprint density at radius 2 is 2.33 bits per heavy atom. The highest BCUT2D eigenvalue weighted by molar-refractivity contribution is 5.95. The van der Waals surface area contributed by atoms with E-state index in [0.29, 0.717) is 11.3 Å². The number of hydrogen-bond donors (Lipinski definition) is 1. The van der Waals surface area contributed by atoms with Gasteiger partial charge in [0.25, 0.3) is 0 Å². The molecule has 1 heterocycles. The first-order chi connectivity index (χ1) is 8.70. The van der Waals surface area contributed by atoms with Gasteiger partial charge in [-0.1, -0.05) is 12.5 Å². The smallest absolute Gasteiger partial charge is 0.241 e. The van der Waals surface area contributed by atoms with Crippen LogP contribution in [0.5, 0.6) is 0 Å². The molecule has 2 rings (SSSR count). The van der Waals surface area contributed by atoms with Gasteiger partial charge >= 0.3 is 0 Å². The minimum absolute atomic E-state index is 0.0206. The summed E-state index contributed by atoms with van der Waals surface area (Å²) in [6.45, 7) is 0.969. The van der Waals surface area contributed by atoms with Crippen molar-refractivity contribution in [1.82, 2.24) is 4.90 Å². The van der Waals surface area contributed by atoms with Crippen molar-refractivity contribution < 1.29 is 4.79 Å². The maximum absolute atomic E-state index is 12.1. The van der Waals surface area contributed by atoms with Gasteiger partial charge in [-0.25, -0.2) is 0 Å². The number of rotatable bonds is 2. The summed E-state index contributed by atoms with van der Waals surface area (Å²) in [6, 6.07) is 9.02. The highest BCUT2D eigenvalue weighted by Gasteiger charge is 2.25. The highest BCUT2D eigenvalue weighted by Crippen LogP contribution is 2.17. The molecule has 1 saturated heterocycles. The van der Waals surface area contributed by atoms with E-state index in [0.717, 1.165) is 25.8 Å². The van der Waals surface area contributed by atoms with Crippen molar-refractivity contribution in [3.05, 3.63) is 29.8 Å². The van der Waals surface area contributed by atoms with Gasteiger partial charge in [0.15, 0.2) is 0 Å². The van der Waals surface area contributed by atoms with Crippen LogP contribution in [0.1, 0.15) is 24.8 Å². The molecule has 0 radical (unpaired) electrons. The Labute approximate surface area is 107 Å². The third kappa shape index (κ3) is 2.88. The second-order valence-corrected chi connectivity index (χ2v) is 4.67. The first-order valence-corrected chi connectivity index (χ1v) is 6.22. The van der Waals surface area contributed by atoms with Gasteiger partial charge in [-0.05, 0) is 44.6 Å². The Kier molecular flexibility index (Phi) is 3.96. The Balaban J connectivity index is 2.04. The molecule has 1 atom stereocenters. The van der Waals surface area contributed by atoms with Crippen molar-refractivity contribution in [2.24, 2.45) is 0 Å². The zero-order chi connectivity index (χ0) is 13.0. The summed E-state index contributed by atoms with van der Waals surface area (Å²) in [5, 5.41) is 11.7. The Bertz CT molecular complexity index is 478. The summed E-state index contributed by atoms with van der Waals surface area (Å²) in [5.74, 6) is 0.0206. The molecule has 18 heavy (non-hydrogen) atoms. The van der Waals surface area contributed by atoms with Crippen LogP contribution in [0.15, 0.2) is 24.3 Å². The first kappa shape index (κ1) is 12.6. The summed E-state index contributed by atoms with van der Waals surface area (Å²) in [5.41, 5.74) is 1.25. The molecular weight excluding hydrogens is 226 g/mol. The molecule has 1 N–H and O–H groups in total. The molecule has 0 aliphatic carbocycles. The topological polar surface area (TPSA) is 56.1 Å². The molecule has 0 spiro atoms. The third-order valence-electron chi connectivity index (χ3n) is 3.33. The number of benzene rings is 1. The zero-order valence-electron chi connectivity index (χ0n) is 10.5. The standard InChI is InChI=1S/C14H17N3O/c1-17-8-3-2-7-13(17)14(18)16-12-6-4-5-11(9-12)10-15/h4-6,9,13H,2-3,7-8H2,1H3,(H,16,18). The minimum atomic E-state index is -0.0514. The molecule has 0 bridgehead atoms. The molecule has 4 nitrogen and oxygen atoms in total. The van der Waals surface area contributed by atoms with E-state index in [1.165, 1.54) is 0 Å². The van der Waals surface area contributed by atoms with Crippen molar-refractivity contribution in [2.75, 3.05) is 18.9 Å². The van der Waals surface area contributed by atoms with Crippen LogP contribution in [0.2, 0.25) is 0 Å². The molecule has 1 amide bonds. The quantitative estimate of drug-likeness (QED) is 0.864. The van der Waals surface area contributed by atoms with Gasteiger partial charge in [0, 0.05) is 5.69 Å². The largest absolute Gasteiger partial charge is 0.325 e. The van der Waals surface area contributed by atoms with Crippen molar-refractivity contribution in [3.8, 4) is 6.07 Å². The number of nitrogens with zero attached hydrogens (tertiary/aromatic N) is 2. The molecule has 4 heteroatoms. The third-order valence-corrected chi connectivity index (χ3v) is 3.33. The summed E-state index contributed by atoms with van der Waals surface area (Å²) in [6.07, 6.45) is 3.16. The average molecular weight is 243 g/mol. The van der Waals surface area contributed by atoms with E-state index in [9.17, 15) is 4.79 Å². The number of likely N-dealkylation sites (N-methyl/N-ethyl adjacent to an activating group) is 1. The molecule has 0 aromatic heterocycles. The lowest BCUT2D eigenvalue weighted by atomic mass is 10.0. The molecule has 0 saturated carbocycles. The number of anilines is 1. The predicted octanol–water partition coefficient (Wildman–Crippen LogP) is 1.98. The molecule has 1 fully saturated rings. The van der Waals surface area contributed by atoms with E-state index < -0.39 is 0 Å². The van der Waals surface area contributed by atoms with Crippen molar-refractivity contribution in [2.45, 2.75) is 25.3 Å². The van der Waals surface area contributed by atoms with Gasteiger partial charge in [-0.3, -0.25) is 9.69 Å². The number of likely N-dealkylation sites (tertiary alicyclic amines) is 1. The van der Waals surface area contributed by atoms with Crippen molar-refractivity contribution in [1.29, 1.82) is 5.26 Å². The molecule has 1 aromatic carbocycles. The normalized spacial score (nSPS) is 20.1. The SMILES string of the molecule is CN1CCCCC1C(=O)Nc1cccc(C#N)c1. The number of nitriles is 1. The van der Waals surface area contributed by atoms with Gasteiger partial charge in [-0.15, -0.1) is 0 Å². The fourth-order valence-electron chi connectivity index (χ4n) is 2.30. The number of amides is 1. The van der Waals surface area contributed by atoms with Gasteiger partial charge < -0.3 is 5.32 Å². The molecule has 1 unspecified atom stereocenters. The lowest BCUT2D eigenvalue weighted by molar-refractivity contribution is -0.121. The van der Waals surface area contributed by atoms with E-state index in [1.807, 2.05) is 13.1 Å². The molecule has 1 aliphatic rings. The van der Waals surface area contributed by atoms with E-state index >= 15 is 0 Å². The molecule has 94 valence electrons. The van der Waals surface area contributed by atoms with E-state index in [2.05, 4.69) is 16.3 Å². The maximum atomic E-state index is 12.1. The highest BCUT2D eigenvalue weighted by atomic mass is 16.2. The van der Waals surface area contributed by atoms with Crippen LogP contribution >= 0.6 is 0 Å². The van der Waals surface area contributed by atoms with Crippen molar-refractivity contribution >= 4 is 11.6 Å². The average Bonchev–Trinajstić information content (AvgIpc) is 2.39. The number of carbonyl (C=O) groups is 1. The zero-order valence-corrected chi connectivity index (χ0v) is 10.5. The summed E-state index contributed by atoms with van der Waals surface area (Å²) in [7, 11) is 1.98. The molecule has 1 aromatic rings. The predicted molar refractivity (Wildman–Crippen MR) is 70.1 cm³/mol. The summed E-state index contributed by atoms with van der Waals surface area (Å²) in [4.78, 5) is 14.2. The summed E-state index contributed by atoms with van der Waals surface area (Å²) < 4.78 is 0. The van der Waals surface area contributed by atoms with Crippen LogP contribution in [0.3, 0.4) is 0 Å². The van der Waals surface area contributed by atoms with Crippen LogP contribution in [0.25, 0.3) is 0 Å². The lowest BCUT2D eigenvalue weighted by Gasteiger charge is -2.31.